The highest BCUT2D eigenvalue weighted by atomic mass is 32.2. The molecule has 0 spiro atoms. The molecule has 19 heavy (non-hydrogen) atoms. The Morgan fingerprint density at radius 3 is 2.63 bits per heavy atom. The molecule has 1 aliphatic heterocycles. The molecule has 1 amide bonds. The Bertz CT molecular complexity index is 415. The molecule has 0 aliphatic carbocycles. The van der Waals surface area contributed by atoms with Gasteiger partial charge in [-0.05, 0) is 33.7 Å². The molecule has 0 aromatic carbocycles. The lowest BCUT2D eigenvalue weighted by Gasteiger charge is -2.26. The largest absolute Gasteiger partial charge is 0.443 e. The van der Waals surface area contributed by atoms with E-state index in [1.807, 2.05) is 6.92 Å². The summed E-state index contributed by atoms with van der Waals surface area (Å²) in [6, 6.07) is 0. The summed E-state index contributed by atoms with van der Waals surface area (Å²) >= 11 is 0. The molecule has 1 aliphatic rings. The average Bonchev–Trinajstić information content (AvgIpc) is 2.52. The number of nitrogens with zero attached hydrogens (tertiary/aromatic N) is 1. The van der Waals surface area contributed by atoms with Crippen LogP contribution >= 0.6 is 0 Å². The molecule has 1 rings (SSSR count). The molecule has 1 heterocycles. The van der Waals surface area contributed by atoms with E-state index in [0.717, 1.165) is 12.8 Å². The SMILES string of the molecule is CCCCN[C@H]1COS(=O)(=O)N1C(=O)OC(C)(C)C. The highest BCUT2D eigenvalue weighted by molar-refractivity contribution is 7.85. The number of hydrogen-bond donors (Lipinski definition) is 1. The first-order valence-corrected chi connectivity index (χ1v) is 7.69. The molecule has 0 unspecified atom stereocenters. The van der Waals surface area contributed by atoms with E-state index in [1.54, 1.807) is 20.8 Å². The fourth-order valence-electron chi connectivity index (χ4n) is 1.54. The molecule has 0 aromatic rings. The third-order valence-corrected chi connectivity index (χ3v) is 3.70. The Labute approximate surface area is 114 Å². The minimum absolute atomic E-state index is 0.0920. The second-order valence-electron chi connectivity index (χ2n) is 5.34. The average molecular weight is 294 g/mol. The second-order valence-corrected chi connectivity index (χ2v) is 6.83. The van der Waals surface area contributed by atoms with Crippen molar-refractivity contribution in [1.82, 2.24) is 9.62 Å². The van der Waals surface area contributed by atoms with Crippen LogP contribution in [0.4, 0.5) is 4.79 Å². The maximum Gasteiger partial charge on any atom is 0.427 e. The fourth-order valence-corrected chi connectivity index (χ4v) is 2.62. The molecule has 1 saturated heterocycles. The smallest absolute Gasteiger partial charge is 0.427 e. The predicted molar refractivity (Wildman–Crippen MR) is 69.6 cm³/mol. The summed E-state index contributed by atoms with van der Waals surface area (Å²) in [5, 5.41) is 2.98. The zero-order valence-corrected chi connectivity index (χ0v) is 12.6. The monoisotopic (exact) mass is 294 g/mol. The summed E-state index contributed by atoms with van der Waals surface area (Å²) in [5.74, 6) is 0. The molecule has 1 fully saturated rings. The van der Waals surface area contributed by atoms with E-state index in [-0.39, 0.29) is 6.61 Å². The number of carbonyl (C=O) groups is 1. The lowest BCUT2D eigenvalue weighted by molar-refractivity contribution is 0.0338. The standard InChI is InChI=1S/C11H22N2O5S/c1-5-6-7-12-9-8-17-19(15,16)13(9)10(14)18-11(2,3)4/h9,12H,5-8H2,1-4H3/t9-/m1/s1. The number of carbonyl (C=O) groups excluding carboxylic acids is 1. The van der Waals surface area contributed by atoms with Gasteiger partial charge in [0.05, 0.1) is 0 Å². The molecule has 0 aromatic heterocycles. The van der Waals surface area contributed by atoms with Gasteiger partial charge < -0.3 is 4.74 Å². The van der Waals surface area contributed by atoms with Crippen molar-refractivity contribution in [3.63, 3.8) is 0 Å². The van der Waals surface area contributed by atoms with Gasteiger partial charge in [0.2, 0.25) is 0 Å². The van der Waals surface area contributed by atoms with E-state index in [1.165, 1.54) is 0 Å². The van der Waals surface area contributed by atoms with Crippen molar-refractivity contribution < 1.29 is 22.1 Å². The minimum Gasteiger partial charge on any atom is -0.443 e. The van der Waals surface area contributed by atoms with Crippen LogP contribution in [0.5, 0.6) is 0 Å². The van der Waals surface area contributed by atoms with Crippen molar-refractivity contribution in [2.75, 3.05) is 13.2 Å². The summed E-state index contributed by atoms with van der Waals surface area (Å²) in [6.07, 6.45) is 0.240. The number of nitrogens with one attached hydrogen (secondary N) is 1. The van der Waals surface area contributed by atoms with Crippen molar-refractivity contribution in [3.05, 3.63) is 0 Å². The molecule has 112 valence electrons. The van der Waals surface area contributed by atoms with Gasteiger partial charge in [-0.2, -0.15) is 12.7 Å². The molecule has 8 heteroatoms. The Kier molecular flexibility index (Phi) is 5.17. The first-order valence-electron chi connectivity index (χ1n) is 6.32. The third kappa shape index (κ3) is 4.63. The topological polar surface area (TPSA) is 84.9 Å². The van der Waals surface area contributed by atoms with Crippen LogP contribution in [0.25, 0.3) is 0 Å². The van der Waals surface area contributed by atoms with Crippen molar-refractivity contribution in [2.45, 2.75) is 52.3 Å². The Hall–Kier alpha value is -0.860. The van der Waals surface area contributed by atoms with E-state index >= 15 is 0 Å². The number of rotatable bonds is 4. The predicted octanol–water partition coefficient (Wildman–Crippen LogP) is 1.21. The van der Waals surface area contributed by atoms with Crippen LogP contribution in [0, 0.1) is 0 Å². The van der Waals surface area contributed by atoms with E-state index < -0.39 is 28.2 Å². The minimum atomic E-state index is -4.05. The highest BCUT2D eigenvalue weighted by Crippen LogP contribution is 2.21. The van der Waals surface area contributed by atoms with Crippen LogP contribution < -0.4 is 5.32 Å². The molecule has 1 N–H and O–H groups in total. The zero-order chi connectivity index (χ0) is 14.7. The van der Waals surface area contributed by atoms with Crippen LogP contribution in [0.15, 0.2) is 0 Å². The number of ether oxygens (including phenoxy) is 1. The second kappa shape index (κ2) is 6.06. The van der Waals surface area contributed by atoms with Gasteiger partial charge in [-0.15, -0.1) is 0 Å². The maximum absolute atomic E-state index is 11.9. The van der Waals surface area contributed by atoms with Crippen LogP contribution in [0.1, 0.15) is 40.5 Å². The van der Waals surface area contributed by atoms with Gasteiger partial charge in [0.1, 0.15) is 18.4 Å². The number of hydrogen-bond acceptors (Lipinski definition) is 6. The molecule has 0 bridgehead atoms. The Balaban J connectivity index is 2.75. The van der Waals surface area contributed by atoms with Crippen molar-refractivity contribution in [2.24, 2.45) is 0 Å². The summed E-state index contributed by atoms with van der Waals surface area (Å²) in [6.45, 7) is 7.57. The maximum atomic E-state index is 11.9. The number of unbranched alkanes of at least 4 members (excludes halogenated alkanes) is 1. The summed E-state index contributed by atoms with van der Waals surface area (Å²) in [4.78, 5) is 11.9. The van der Waals surface area contributed by atoms with Gasteiger partial charge in [-0.25, -0.2) is 8.98 Å². The molecule has 0 saturated carbocycles. The Morgan fingerprint density at radius 2 is 2.11 bits per heavy atom. The molecule has 0 radical (unpaired) electrons. The highest BCUT2D eigenvalue weighted by Gasteiger charge is 2.44. The lowest BCUT2D eigenvalue weighted by atomic mass is 10.2. The van der Waals surface area contributed by atoms with Crippen molar-refractivity contribution >= 4 is 16.4 Å². The van der Waals surface area contributed by atoms with Crippen molar-refractivity contribution in [3.8, 4) is 0 Å². The van der Waals surface area contributed by atoms with Gasteiger partial charge in [0.25, 0.3) is 0 Å². The van der Waals surface area contributed by atoms with Crippen LogP contribution in [-0.4, -0.2) is 43.7 Å². The van der Waals surface area contributed by atoms with E-state index in [9.17, 15) is 13.2 Å². The van der Waals surface area contributed by atoms with Crippen LogP contribution in [-0.2, 0) is 19.2 Å². The summed E-state index contributed by atoms with van der Waals surface area (Å²) < 4.78 is 33.8. The quantitative estimate of drug-likeness (QED) is 0.785. The first-order chi connectivity index (χ1) is 8.67. The fraction of sp³-hybridized carbons (Fsp3) is 0.909. The summed E-state index contributed by atoms with van der Waals surface area (Å²) in [7, 11) is -4.05. The third-order valence-electron chi connectivity index (χ3n) is 2.38. The lowest BCUT2D eigenvalue weighted by Crippen LogP contribution is -2.49. The van der Waals surface area contributed by atoms with Gasteiger partial charge in [-0.1, -0.05) is 13.3 Å². The van der Waals surface area contributed by atoms with Crippen LogP contribution in [0.2, 0.25) is 0 Å². The summed E-state index contributed by atoms with van der Waals surface area (Å²) in [5.41, 5.74) is -0.761. The number of amides is 1. The zero-order valence-electron chi connectivity index (χ0n) is 11.8. The van der Waals surface area contributed by atoms with E-state index in [4.69, 9.17) is 4.74 Å². The molecule has 7 nitrogen and oxygen atoms in total. The molecular formula is C11H22N2O5S. The normalized spacial score (nSPS) is 22.5. The van der Waals surface area contributed by atoms with Gasteiger partial charge in [0.15, 0.2) is 0 Å². The molecule has 1 atom stereocenters. The Morgan fingerprint density at radius 1 is 1.47 bits per heavy atom. The molecular weight excluding hydrogens is 272 g/mol. The van der Waals surface area contributed by atoms with Crippen molar-refractivity contribution in [1.29, 1.82) is 0 Å². The first kappa shape index (κ1) is 16.2. The van der Waals surface area contributed by atoms with Crippen LogP contribution in [0.3, 0.4) is 0 Å². The van der Waals surface area contributed by atoms with E-state index in [0.29, 0.717) is 10.8 Å². The van der Waals surface area contributed by atoms with Gasteiger partial charge >= 0.3 is 16.4 Å². The van der Waals surface area contributed by atoms with Gasteiger partial charge in [0, 0.05) is 0 Å². The van der Waals surface area contributed by atoms with Gasteiger partial charge in [-0.3, -0.25) is 5.32 Å². The van der Waals surface area contributed by atoms with E-state index in [2.05, 4.69) is 9.50 Å².